The molecule has 0 aliphatic carbocycles. The first-order valence-electron chi connectivity index (χ1n) is 7.44. The lowest BCUT2D eigenvalue weighted by atomic mass is 10.1. The van der Waals surface area contributed by atoms with Gasteiger partial charge in [-0.1, -0.05) is 12.8 Å². The Balaban J connectivity index is 2.15. The molecule has 2 atom stereocenters. The number of carboxylic acid groups (broad SMARTS) is 1. The van der Waals surface area contributed by atoms with Crippen molar-refractivity contribution in [1.29, 1.82) is 0 Å². The number of amides is 2. The number of carboxylic acids is 1. The van der Waals surface area contributed by atoms with Crippen LogP contribution in [-0.4, -0.2) is 65.2 Å². The Morgan fingerprint density at radius 3 is 2.24 bits per heavy atom. The molecule has 21 heavy (non-hydrogen) atoms. The maximum Gasteiger partial charge on any atom is 0.328 e. The molecular formula is C14H22N2O5. The standard InChI is InChI=1S/C14H22N2O5/c1-21-13(19)11-7-5-9-16(11)14(20)15-8-4-2-3-6-10(15)12(17)18/h10-11H,2-9H2,1H3,(H,17,18). The van der Waals surface area contributed by atoms with Gasteiger partial charge in [-0.05, 0) is 25.7 Å². The molecule has 0 aromatic carbocycles. The van der Waals surface area contributed by atoms with Crippen LogP contribution in [0.5, 0.6) is 0 Å². The molecule has 2 unspecified atom stereocenters. The number of hydrogen-bond acceptors (Lipinski definition) is 4. The third kappa shape index (κ3) is 3.28. The molecule has 2 amide bonds. The number of carbonyl (C=O) groups is 3. The molecule has 2 aliphatic rings. The first-order valence-corrected chi connectivity index (χ1v) is 7.44. The second-order valence-electron chi connectivity index (χ2n) is 5.55. The smallest absolute Gasteiger partial charge is 0.328 e. The number of methoxy groups -OCH3 is 1. The third-order valence-electron chi connectivity index (χ3n) is 4.26. The van der Waals surface area contributed by atoms with E-state index in [1.165, 1.54) is 16.9 Å². The Labute approximate surface area is 123 Å². The summed E-state index contributed by atoms with van der Waals surface area (Å²) in [4.78, 5) is 38.7. The summed E-state index contributed by atoms with van der Waals surface area (Å²) in [6, 6.07) is -1.73. The molecule has 0 radical (unpaired) electrons. The molecule has 0 aromatic rings. The maximum absolute atomic E-state index is 12.7. The Morgan fingerprint density at radius 1 is 0.952 bits per heavy atom. The lowest BCUT2D eigenvalue weighted by Crippen LogP contribution is -2.53. The number of hydrogen-bond donors (Lipinski definition) is 1. The number of aliphatic carboxylic acids is 1. The molecule has 0 bridgehead atoms. The second kappa shape index (κ2) is 6.78. The number of esters is 1. The highest BCUT2D eigenvalue weighted by atomic mass is 16.5. The molecule has 0 spiro atoms. The lowest BCUT2D eigenvalue weighted by molar-refractivity contribution is -0.145. The third-order valence-corrected chi connectivity index (χ3v) is 4.26. The predicted octanol–water partition coefficient (Wildman–Crippen LogP) is 1.07. The molecule has 118 valence electrons. The zero-order valence-electron chi connectivity index (χ0n) is 12.3. The van der Waals surface area contributed by atoms with E-state index < -0.39 is 24.0 Å². The molecule has 2 saturated heterocycles. The van der Waals surface area contributed by atoms with Crippen molar-refractivity contribution in [2.75, 3.05) is 20.2 Å². The van der Waals surface area contributed by atoms with Gasteiger partial charge in [0.25, 0.3) is 0 Å². The van der Waals surface area contributed by atoms with Crippen molar-refractivity contribution in [3.8, 4) is 0 Å². The molecule has 0 aromatic heterocycles. The van der Waals surface area contributed by atoms with Crippen molar-refractivity contribution in [2.24, 2.45) is 0 Å². The van der Waals surface area contributed by atoms with E-state index >= 15 is 0 Å². The summed E-state index contributed by atoms with van der Waals surface area (Å²) in [5.74, 6) is -1.40. The van der Waals surface area contributed by atoms with Crippen molar-refractivity contribution >= 4 is 18.0 Å². The topological polar surface area (TPSA) is 87.2 Å². The van der Waals surface area contributed by atoms with Gasteiger partial charge in [0.2, 0.25) is 0 Å². The first-order chi connectivity index (χ1) is 10.1. The van der Waals surface area contributed by atoms with Crippen LogP contribution in [-0.2, 0) is 14.3 Å². The van der Waals surface area contributed by atoms with Crippen molar-refractivity contribution in [3.63, 3.8) is 0 Å². The summed E-state index contributed by atoms with van der Waals surface area (Å²) in [5.41, 5.74) is 0. The normalized spacial score (nSPS) is 26.3. The van der Waals surface area contributed by atoms with Crippen LogP contribution >= 0.6 is 0 Å². The number of urea groups is 1. The minimum absolute atomic E-state index is 0.350. The van der Waals surface area contributed by atoms with E-state index in [0.717, 1.165) is 25.7 Å². The van der Waals surface area contributed by atoms with Crippen molar-refractivity contribution in [2.45, 2.75) is 50.6 Å². The van der Waals surface area contributed by atoms with Gasteiger partial charge in [0, 0.05) is 13.1 Å². The summed E-state index contributed by atoms with van der Waals surface area (Å²) in [7, 11) is 1.30. The summed E-state index contributed by atoms with van der Waals surface area (Å²) in [6.45, 7) is 0.904. The van der Waals surface area contributed by atoms with E-state index in [9.17, 15) is 19.5 Å². The highest BCUT2D eigenvalue weighted by Crippen LogP contribution is 2.24. The van der Waals surface area contributed by atoms with Crippen LogP contribution < -0.4 is 0 Å². The molecule has 2 aliphatic heterocycles. The predicted molar refractivity (Wildman–Crippen MR) is 73.7 cm³/mol. The van der Waals surface area contributed by atoms with E-state index in [1.807, 2.05) is 0 Å². The monoisotopic (exact) mass is 298 g/mol. The zero-order valence-corrected chi connectivity index (χ0v) is 12.3. The molecule has 7 heteroatoms. The Bertz CT molecular complexity index is 426. The van der Waals surface area contributed by atoms with Crippen molar-refractivity contribution in [3.05, 3.63) is 0 Å². The minimum Gasteiger partial charge on any atom is -0.480 e. The quantitative estimate of drug-likeness (QED) is 0.771. The fourth-order valence-electron chi connectivity index (χ4n) is 3.14. The first kappa shape index (κ1) is 15.6. The molecule has 1 N–H and O–H groups in total. The molecule has 2 heterocycles. The highest BCUT2D eigenvalue weighted by Gasteiger charge is 2.40. The van der Waals surface area contributed by atoms with Gasteiger partial charge in [0.1, 0.15) is 12.1 Å². The molecule has 2 fully saturated rings. The Hall–Kier alpha value is -1.79. The summed E-state index contributed by atoms with van der Waals surface area (Å²) in [5, 5.41) is 9.34. The maximum atomic E-state index is 12.7. The largest absolute Gasteiger partial charge is 0.480 e. The summed E-state index contributed by atoms with van der Waals surface area (Å²) in [6.07, 6.45) is 4.31. The number of carbonyl (C=O) groups excluding carboxylic acids is 2. The number of rotatable bonds is 2. The Kier molecular flexibility index (Phi) is 5.03. The van der Waals surface area contributed by atoms with Crippen LogP contribution in [0.1, 0.15) is 38.5 Å². The van der Waals surface area contributed by atoms with Gasteiger partial charge in [-0.15, -0.1) is 0 Å². The van der Waals surface area contributed by atoms with Gasteiger partial charge in [0.05, 0.1) is 7.11 Å². The van der Waals surface area contributed by atoms with E-state index in [-0.39, 0.29) is 6.03 Å². The van der Waals surface area contributed by atoms with E-state index in [1.54, 1.807) is 0 Å². The average molecular weight is 298 g/mol. The van der Waals surface area contributed by atoms with E-state index in [4.69, 9.17) is 4.74 Å². The van der Waals surface area contributed by atoms with Gasteiger partial charge in [0.15, 0.2) is 0 Å². The van der Waals surface area contributed by atoms with Gasteiger partial charge >= 0.3 is 18.0 Å². The number of ether oxygens (including phenoxy) is 1. The molecular weight excluding hydrogens is 276 g/mol. The van der Waals surface area contributed by atoms with Crippen LogP contribution in [0.15, 0.2) is 0 Å². The number of nitrogens with zero attached hydrogens (tertiary/aromatic N) is 2. The minimum atomic E-state index is -0.973. The lowest BCUT2D eigenvalue weighted by Gasteiger charge is -2.33. The molecule has 2 rings (SSSR count). The molecule has 7 nitrogen and oxygen atoms in total. The van der Waals surface area contributed by atoms with Crippen LogP contribution in [0.25, 0.3) is 0 Å². The van der Waals surface area contributed by atoms with Crippen molar-refractivity contribution < 1.29 is 24.2 Å². The fourth-order valence-corrected chi connectivity index (χ4v) is 3.14. The highest BCUT2D eigenvalue weighted by molar-refractivity contribution is 5.87. The number of likely N-dealkylation sites (tertiary alicyclic amines) is 2. The van der Waals surface area contributed by atoms with Gasteiger partial charge in [-0.2, -0.15) is 0 Å². The van der Waals surface area contributed by atoms with Crippen LogP contribution in [0.2, 0.25) is 0 Å². The van der Waals surface area contributed by atoms with E-state index in [0.29, 0.717) is 25.9 Å². The Morgan fingerprint density at radius 2 is 1.57 bits per heavy atom. The summed E-state index contributed by atoms with van der Waals surface area (Å²) >= 11 is 0. The van der Waals surface area contributed by atoms with E-state index in [2.05, 4.69) is 0 Å². The van der Waals surface area contributed by atoms with Crippen LogP contribution in [0.3, 0.4) is 0 Å². The summed E-state index contributed by atoms with van der Waals surface area (Å²) < 4.78 is 4.73. The second-order valence-corrected chi connectivity index (χ2v) is 5.55. The SMILES string of the molecule is COC(=O)C1CCCN1C(=O)N1CCCCCC1C(=O)O. The zero-order chi connectivity index (χ0) is 15.4. The van der Waals surface area contributed by atoms with Gasteiger partial charge in [-0.3, -0.25) is 0 Å². The van der Waals surface area contributed by atoms with Crippen molar-refractivity contribution in [1.82, 2.24) is 9.80 Å². The van der Waals surface area contributed by atoms with Gasteiger partial charge < -0.3 is 19.6 Å². The molecule has 0 saturated carbocycles. The van der Waals surface area contributed by atoms with Gasteiger partial charge in [-0.25, -0.2) is 14.4 Å². The average Bonchev–Trinajstić information content (AvgIpc) is 2.82. The van der Waals surface area contributed by atoms with Crippen LogP contribution in [0.4, 0.5) is 4.79 Å². The fraction of sp³-hybridized carbons (Fsp3) is 0.786. The van der Waals surface area contributed by atoms with Crippen LogP contribution in [0, 0.1) is 0 Å².